The molecule has 0 bridgehead atoms. The first-order valence-corrected chi connectivity index (χ1v) is 8.69. The number of ether oxygens (including phenoxy) is 1. The second kappa shape index (κ2) is 9.23. The number of benzene rings is 2. The lowest BCUT2D eigenvalue weighted by molar-refractivity contribution is -0.121. The molecule has 2 rings (SSSR count). The Hall–Kier alpha value is -2.33. The van der Waals surface area contributed by atoms with Crippen LogP contribution in [0.3, 0.4) is 0 Å². The number of rotatable bonds is 8. The quantitative estimate of drug-likeness (QED) is 0.770. The van der Waals surface area contributed by atoms with Gasteiger partial charge in [0, 0.05) is 6.54 Å². The minimum absolute atomic E-state index is 0.0273. The van der Waals surface area contributed by atoms with Crippen molar-refractivity contribution in [2.75, 3.05) is 6.61 Å². The SMILES string of the molecule is Cc1ccc(C(C)C)c(OCCC(=O)NCc2ccccc2CO)c1. The highest BCUT2D eigenvalue weighted by molar-refractivity contribution is 5.76. The number of aryl methyl sites for hydroxylation is 1. The molecule has 0 radical (unpaired) electrons. The van der Waals surface area contributed by atoms with E-state index in [0.717, 1.165) is 28.0 Å². The average molecular weight is 341 g/mol. The minimum Gasteiger partial charge on any atom is -0.493 e. The van der Waals surface area contributed by atoms with Gasteiger partial charge in [-0.25, -0.2) is 0 Å². The van der Waals surface area contributed by atoms with Crippen LogP contribution in [0.25, 0.3) is 0 Å². The largest absolute Gasteiger partial charge is 0.493 e. The summed E-state index contributed by atoms with van der Waals surface area (Å²) in [4.78, 5) is 12.0. The third-order valence-electron chi connectivity index (χ3n) is 4.14. The molecular formula is C21H27NO3. The molecule has 0 spiro atoms. The van der Waals surface area contributed by atoms with Crippen LogP contribution in [0.5, 0.6) is 5.75 Å². The van der Waals surface area contributed by atoms with Gasteiger partial charge in [-0.2, -0.15) is 0 Å². The lowest BCUT2D eigenvalue weighted by Crippen LogP contribution is -2.25. The smallest absolute Gasteiger partial charge is 0.223 e. The molecule has 0 fully saturated rings. The van der Waals surface area contributed by atoms with Crippen molar-refractivity contribution in [2.45, 2.75) is 46.3 Å². The van der Waals surface area contributed by atoms with E-state index in [1.54, 1.807) is 0 Å². The molecule has 25 heavy (non-hydrogen) atoms. The first kappa shape index (κ1) is 19.0. The summed E-state index contributed by atoms with van der Waals surface area (Å²) in [5.41, 5.74) is 4.06. The topological polar surface area (TPSA) is 58.6 Å². The van der Waals surface area contributed by atoms with E-state index in [1.165, 1.54) is 0 Å². The Morgan fingerprint density at radius 2 is 1.88 bits per heavy atom. The molecule has 4 heteroatoms. The Morgan fingerprint density at radius 1 is 1.16 bits per heavy atom. The van der Waals surface area contributed by atoms with Crippen molar-refractivity contribution in [3.8, 4) is 5.75 Å². The highest BCUT2D eigenvalue weighted by atomic mass is 16.5. The molecule has 0 atom stereocenters. The van der Waals surface area contributed by atoms with Crippen LogP contribution in [0.1, 0.15) is 48.4 Å². The number of carbonyl (C=O) groups is 1. The predicted octanol–water partition coefficient (Wildman–Crippen LogP) is 3.70. The summed E-state index contributed by atoms with van der Waals surface area (Å²) in [5.74, 6) is 1.17. The van der Waals surface area contributed by atoms with Gasteiger partial charge >= 0.3 is 0 Å². The van der Waals surface area contributed by atoms with E-state index in [0.29, 0.717) is 25.5 Å². The third kappa shape index (κ3) is 5.61. The lowest BCUT2D eigenvalue weighted by atomic mass is 10.0. The number of hydrogen-bond acceptors (Lipinski definition) is 3. The van der Waals surface area contributed by atoms with E-state index in [1.807, 2.05) is 37.3 Å². The average Bonchev–Trinajstić information content (AvgIpc) is 2.60. The van der Waals surface area contributed by atoms with Gasteiger partial charge in [-0.15, -0.1) is 0 Å². The molecule has 2 N–H and O–H groups in total. The Morgan fingerprint density at radius 3 is 2.56 bits per heavy atom. The highest BCUT2D eigenvalue weighted by Crippen LogP contribution is 2.27. The van der Waals surface area contributed by atoms with Gasteiger partial charge in [0.15, 0.2) is 0 Å². The third-order valence-corrected chi connectivity index (χ3v) is 4.14. The Labute approximate surface area is 149 Å². The number of nitrogens with one attached hydrogen (secondary N) is 1. The molecule has 0 aromatic heterocycles. The summed E-state index contributed by atoms with van der Waals surface area (Å²) in [7, 11) is 0. The summed E-state index contributed by atoms with van der Waals surface area (Å²) < 4.78 is 5.85. The molecule has 0 aliphatic rings. The summed E-state index contributed by atoms with van der Waals surface area (Å²) >= 11 is 0. The van der Waals surface area contributed by atoms with E-state index < -0.39 is 0 Å². The molecule has 2 aromatic carbocycles. The van der Waals surface area contributed by atoms with Gasteiger partial charge in [0.25, 0.3) is 0 Å². The maximum atomic E-state index is 12.0. The second-order valence-corrected chi connectivity index (χ2v) is 6.50. The standard InChI is InChI=1S/C21H27NO3/c1-15(2)19-9-8-16(3)12-20(19)25-11-10-21(24)22-13-17-6-4-5-7-18(17)14-23/h4-9,12,15,23H,10-11,13-14H2,1-3H3,(H,22,24). The summed E-state index contributed by atoms with van der Waals surface area (Å²) in [5, 5.41) is 12.2. The maximum absolute atomic E-state index is 12.0. The van der Waals surface area contributed by atoms with Crippen LogP contribution >= 0.6 is 0 Å². The van der Waals surface area contributed by atoms with E-state index in [2.05, 4.69) is 31.3 Å². The first-order valence-electron chi connectivity index (χ1n) is 8.69. The fourth-order valence-electron chi connectivity index (χ4n) is 2.66. The van der Waals surface area contributed by atoms with Crippen LogP contribution in [0, 0.1) is 6.92 Å². The number of amides is 1. The van der Waals surface area contributed by atoms with Crippen molar-refractivity contribution >= 4 is 5.91 Å². The van der Waals surface area contributed by atoms with Crippen LogP contribution in [0.4, 0.5) is 0 Å². The number of aliphatic hydroxyl groups excluding tert-OH is 1. The van der Waals surface area contributed by atoms with Gasteiger partial charge in [0.05, 0.1) is 19.6 Å². The molecule has 2 aromatic rings. The van der Waals surface area contributed by atoms with E-state index in [-0.39, 0.29) is 12.5 Å². The zero-order valence-electron chi connectivity index (χ0n) is 15.2. The Kier molecular flexibility index (Phi) is 7.02. The van der Waals surface area contributed by atoms with Crippen molar-refractivity contribution in [3.05, 3.63) is 64.7 Å². The van der Waals surface area contributed by atoms with Crippen molar-refractivity contribution in [1.82, 2.24) is 5.32 Å². The Bertz CT molecular complexity index is 710. The second-order valence-electron chi connectivity index (χ2n) is 6.50. The Balaban J connectivity index is 1.84. The normalized spacial score (nSPS) is 10.8. The zero-order valence-corrected chi connectivity index (χ0v) is 15.2. The molecule has 1 amide bonds. The molecule has 0 aliphatic heterocycles. The highest BCUT2D eigenvalue weighted by Gasteiger charge is 2.09. The fourth-order valence-corrected chi connectivity index (χ4v) is 2.66. The molecule has 0 aliphatic carbocycles. The van der Waals surface area contributed by atoms with E-state index in [4.69, 9.17) is 4.74 Å². The molecule has 0 saturated heterocycles. The maximum Gasteiger partial charge on any atom is 0.223 e. The monoisotopic (exact) mass is 341 g/mol. The summed E-state index contributed by atoms with van der Waals surface area (Å²) in [6, 6.07) is 13.7. The van der Waals surface area contributed by atoms with E-state index >= 15 is 0 Å². The summed E-state index contributed by atoms with van der Waals surface area (Å²) in [6.07, 6.45) is 0.298. The number of carbonyl (C=O) groups excluding carboxylic acids is 1. The van der Waals surface area contributed by atoms with Crippen LogP contribution in [-0.4, -0.2) is 17.6 Å². The zero-order chi connectivity index (χ0) is 18.2. The van der Waals surface area contributed by atoms with Crippen LogP contribution in [-0.2, 0) is 17.9 Å². The minimum atomic E-state index is -0.0634. The van der Waals surface area contributed by atoms with Gasteiger partial charge in [-0.3, -0.25) is 4.79 Å². The summed E-state index contributed by atoms with van der Waals surface area (Å²) in [6.45, 7) is 7.02. The lowest BCUT2D eigenvalue weighted by Gasteiger charge is -2.15. The molecule has 4 nitrogen and oxygen atoms in total. The van der Waals surface area contributed by atoms with Gasteiger partial charge in [-0.1, -0.05) is 50.2 Å². The number of hydrogen-bond donors (Lipinski definition) is 2. The van der Waals surface area contributed by atoms with Crippen LogP contribution < -0.4 is 10.1 Å². The van der Waals surface area contributed by atoms with Crippen molar-refractivity contribution < 1.29 is 14.6 Å². The number of aliphatic hydroxyl groups is 1. The van der Waals surface area contributed by atoms with Crippen LogP contribution in [0.2, 0.25) is 0 Å². The fraction of sp³-hybridized carbons (Fsp3) is 0.381. The van der Waals surface area contributed by atoms with Gasteiger partial charge in [0.1, 0.15) is 5.75 Å². The molecule has 0 heterocycles. The van der Waals surface area contributed by atoms with Crippen LogP contribution in [0.15, 0.2) is 42.5 Å². The van der Waals surface area contributed by atoms with Gasteiger partial charge in [0.2, 0.25) is 5.91 Å². The van der Waals surface area contributed by atoms with Crippen molar-refractivity contribution in [2.24, 2.45) is 0 Å². The van der Waals surface area contributed by atoms with Crippen molar-refractivity contribution in [1.29, 1.82) is 0 Å². The molecule has 134 valence electrons. The molecular weight excluding hydrogens is 314 g/mol. The molecule has 0 unspecified atom stereocenters. The molecule has 0 saturated carbocycles. The first-order chi connectivity index (χ1) is 12.0. The van der Waals surface area contributed by atoms with Crippen molar-refractivity contribution in [3.63, 3.8) is 0 Å². The van der Waals surface area contributed by atoms with Gasteiger partial charge in [-0.05, 0) is 41.2 Å². The van der Waals surface area contributed by atoms with Gasteiger partial charge < -0.3 is 15.2 Å². The van der Waals surface area contributed by atoms with E-state index in [9.17, 15) is 9.90 Å². The predicted molar refractivity (Wildman–Crippen MR) is 99.6 cm³/mol.